The van der Waals surface area contributed by atoms with Gasteiger partial charge in [0.05, 0.1) is 11.9 Å². The van der Waals surface area contributed by atoms with Gasteiger partial charge in [0.15, 0.2) is 0 Å². The standard InChI is InChI=1S/C16H17N3O/c1-3-10-17-16(20)15-9-8-13(11-18-15)19-14-7-5-4-6-12(14)2/h3-9,11,19H,1,10H2,2H3,(H,17,20). The van der Waals surface area contributed by atoms with Crippen molar-refractivity contribution < 1.29 is 4.79 Å². The fourth-order valence-corrected chi connectivity index (χ4v) is 1.73. The first-order valence-electron chi connectivity index (χ1n) is 6.38. The molecule has 0 saturated heterocycles. The van der Waals surface area contributed by atoms with E-state index in [-0.39, 0.29) is 5.91 Å². The van der Waals surface area contributed by atoms with Gasteiger partial charge in [-0.25, -0.2) is 4.98 Å². The van der Waals surface area contributed by atoms with Crippen molar-refractivity contribution in [2.75, 3.05) is 11.9 Å². The molecule has 1 aromatic heterocycles. The van der Waals surface area contributed by atoms with E-state index in [1.54, 1.807) is 18.3 Å². The average Bonchev–Trinajstić information content (AvgIpc) is 2.48. The number of hydrogen-bond donors (Lipinski definition) is 2. The quantitative estimate of drug-likeness (QED) is 0.819. The van der Waals surface area contributed by atoms with E-state index >= 15 is 0 Å². The molecular weight excluding hydrogens is 250 g/mol. The first-order valence-corrected chi connectivity index (χ1v) is 6.38. The van der Waals surface area contributed by atoms with Crippen LogP contribution in [0.15, 0.2) is 55.3 Å². The predicted octanol–water partition coefficient (Wildman–Crippen LogP) is 3.05. The average molecular weight is 267 g/mol. The summed E-state index contributed by atoms with van der Waals surface area (Å²) in [4.78, 5) is 15.8. The van der Waals surface area contributed by atoms with Gasteiger partial charge in [0.25, 0.3) is 5.91 Å². The molecular formula is C16H17N3O. The number of amides is 1. The van der Waals surface area contributed by atoms with E-state index in [1.807, 2.05) is 37.3 Å². The van der Waals surface area contributed by atoms with Crippen LogP contribution >= 0.6 is 0 Å². The number of anilines is 2. The summed E-state index contributed by atoms with van der Waals surface area (Å²) >= 11 is 0. The normalized spacial score (nSPS) is 9.85. The molecule has 102 valence electrons. The number of nitrogens with zero attached hydrogens (tertiary/aromatic N) is 1. The van der Waals surface area contributed by atoms with Crippen LogP contribution in [0.2, 0.25) is 0 Å². The molecule has 0 aliphatic rings. The second-order valence-corrected chi connectivity index (χ2v) is 4.37. The molecule has 0 atom stereocenters. The van der Waals surface area contributed by atoms with Crippen LogP contribution in [0.3, 0.4) is 0 Å². The van der Waals surface area contributed by atoms with E-state index in [4.69, 9.17) is 0 Å². The van der Waals surface area contributed by atoms with Crippen LogP contribution in [-0.2, 0) is 0 Å². The topological polar surface area (TPSA) is 54.0 Å². The summed E-state index contributed by atoms with van der Waals surface area (Å²) in [6, 6.07) is 11.5. The minimum atomic E-state index is -0.202. The van der Waals surface area contributed by atoms with E-state index in [0.29, 0.717) is 12.2 Å². The highest BCUT2D eigenvalue weighted by Gasteiger charge is 2.05. The Kier molecular flexibility index (Phi) is 4.50. The summed E-state index contributed by atoms with van der Waals surface area (Å²) in [5, 5.41) is 5.96. The van der Waals surface area contributed by atoms with Crippen molar-refractivity contribution >= 4 is 17.3 Å². The Labute approximate surface area is 118 Å². The molecule has 2 N–H and O–H groups in total. The Morgan fingerprint density at radius 1 is 1.30 bits per heavy atom. The molecule has 0 aliphatic carbocycles. The number of aryl methyl sites for hydroxylation is 1. The monoisotopic (exact) mass is 267 g/mol. The Bertz CT molecular complexity index is 605. The summed E-state index contributed by atoms with van der Waals surface area (Å²) < 4.78 is 0. The van der Waals surface area contributed by atoms with Crippen molar-refractivity contribution in [3.8, 4) is 0 Å². The second-order valence-electron chi connectivity index (χ2n) is 4.37. The van der Waals surface area contributed by atoms with Gasteiger partial charge in [-0.05, 0) is 30.7 Å². The van der Waals surface area contributed by atoms with E-state index in [2.05, 4.69) is 22.2 Å². The molecule has 0 fully saturated rings. The van der Waals surface area contributed by atoms with E-state index in [0.717, 1.165) is 16.9 Å². The molecule has 0 radical (unpaired) electrons. The number of pyridine rings is 1. The highest BCUT2D eigenvalue weighted by atomic mass is 16.1. The molecule has 0 aliphatic heterocycles. The van der Waals surface area contributed by atoms with Crippen molar-refractivity contribution in [2.45, 2.75) is 6.92 Å². The van der Waals surface area contributed by atoms with Gasteiger partial charge in [0, 0.05) is 12.2 Å². The molecule has 4 heteroatoms. The summed E-state index contributed by atoms with van der Waals surface area (Å²) in [5.74, 6) is -0.202. The zero-order chi connectivity index (χ0) is 14.4. The molecule has 0 spiro atoms. The molecule has 0 saturated carbocycles. The lowest BCUT2D eigenvalue weighted by Gasteiger charge is -2.09. The molecule has 20 heavy (non-hydrogen) atoms. The minimum absolute atomic E-state index is 0.202. The van der Waals surface area contributed by atoms with Crippen LogP contribution in [0.1, 0.15) is 16.1 Å². The van der Waals surface area contributed by atoms with Gasteiger partial charge in [-0.2, -0.15) is 0 Å². The van der Waals surface area contributed by atoms with Crippen LogP contribution < -0.4 is 10.6 Å². The lowest BCUT2D eigenvalue weighted by atomic mass is 10.2. The number of carbonyl (C=O) groups excluding carboxylic acids is 1. The molecule has 4 nitrogen and oxygen atoms in total. The van der Waals surface area contributed by atoms with Crippen molar-refractivity contribution in [3.63, 3.8) is 0 Å². The molecule has 1 heterocycles. The number of rotatable bonds is 5. The highest BCUT2D eigenvalue weighted by Crippen LogP contribution is 2.19. The van der Waals surface area contributed by atoms with E-state index in [9.17, 15) is 4.79 Å². The third-order valence-electron chi connectivity index (χ3n) is 2.83. The van der Waals surface area contributed by atoms with Crippen LogP contribution in [0, 0.1) is 6.92 Å². The third kappa shape index (κ3) is 3.45. The summed E-state index contributed by atoms with van der Waals surface area (Å²) in [5.41, 5.74) is 3.42. The molecule has 2 rings (SSSR count). The summed E-state index contributed by atoms with van der Waals surface area (Å²) in [6.07, 6.45) is 3.28. The Hall–Kier alpha value is -2.62. The van der Waals surface area contributed by atoms with Crippen LogP contribution in [0.5, 0.6) is 0 Å². The van der Waals surface area contributed by atoms with E-state index in [1.165, 1.54) is 0 Å². The van der Waals surface area contributed by atoms with Crippen molar-refractivity contribution in [3.05, 3.63) is 66.5 Å². The fourth-order valence-electron chi connectivity index (χ4n) is 1.73. The lowest BCUT2D eigenvalue weighted by Crippen LogP contribution is -2.24. The van der Waals surface area contributed by atoms with E-state index < -0.39 is 0 Å². The van der Waals surface area contributed by atoms with Crippen molar-refractivity contribution in [1.82, 2.24) is 10.3 Å². The largest absolute Gasteiger partial charge is 0.354 e. The molecule has 2 aromatic rings. The Balaban J connectivity index is 2.07. The third-order valence-corrected chi connectivity index (χ3v) is 2.83. The number of carbonyl (C=O) groups is 1. The summed E-state index contributed by atoms with van der Waals surface area (Å²) in [6.45, 7) is 6.02. The number of nitrogens with one attached hydrogen (secondary N) is 2. The minimum Gasteiger partial charge on any atom is -0.354 e. The van der Waals surface area contributed by atoms with Gasteiger partial charge in [0.2, 0.25) is 0 Å². The second kappa shape index (κ2) is 6.52. The molecule has 1 aromatic carbocycles. The zero-order valence-electron chi connectivity index (χ0n) is 11.4. The summed E-state index contributed by atoms with van der Waals surface area (Å²) in [7, 11) is 0. The maximum atomic E-state index is 11.7. The lowest BCUT2D eigenvalue weighted by molar-refractivity contribution is 0.0953. The van der Waals surface area contributed by atoms with Gasteiger partial charge in [-0.15, -0.1) is 6.58 Å². The number of hydrogen-bond acceptors (Lipinski definition) is 3. The van der Waals surface area contributed by atoms with Gasteiger partial charge in [-0.1, -0.05) is 24.3 Å². The first kappa shape index (κ1) is 13.8. The maximum Gasteiger partial charge on any atom is 0.270 e. The number of para-hydroxylation sites is 1. The molecule has 0 bridgehead atoms. The maximum absolute atomic E-state index is 11.7. The predicted molar refractivity (Wildman–Crippen MR) is 81.2 cm³/mol. The molecule has 0 unspecified atom stereocenters. The van der Waals surface area contributed by atoms with Crippen LogP contribution in [0.4, 0.5) is 11.4 Å². The smallest absolute Gasteiger partial charge is 0.270 e. The van der Waals surface area contributed by atoms with Gasteiger partial charge < -0.3 is 10.6 Å². The highest BCUT2D eigenvalue weighted by molar-refractivity contribution is 5.92. The number of aromatic nitrogens is 1. The first-order chi connectivity index (χ1) is 9.70. The Morgan fingerprint density at radius 3 is 2.75 bits per heavy atom. The van der Waals surface area contributed by atoms with Gasteiger partial charge in [-0.3, -0.25) is 4.79 Å². The Morgan fingerprint density at radius 2 is 2.10 bits per heavy atom. The van der Waals surface area contributed by atoms with Gasteiger partial charge in [0.1, 0.15) is 5.69 Å². The fraction of sp³-hybridized carbons (Fsp3) is 0.125. The SMILES string of the molecule is C=CCNC(=O)c1ccc(Nc2ccccc2C)cn1. The van der Waals surface area contributed by atoms with Crippen molar-refractivity contribution in [2.24, 2.45) is 0 Å². The molecule has 1 amide bonds. The number of benzene rings is 1. The van der Waals surface area contributed by atoms with Crippen LogP contribution in [-0.4, -0.2) is 17.4 Å². The zero-order valence-corrected chi connectivity index (χ0v) is 11.4. The van der Waals surface area contributed by atoms with Gasteiger partial charge >= 0.3 is 0 Å². The van der Waals surface area contributed by atoms with Crippen LogP contribution in [0.25, 0.3) is 0 Å². The van der Waals surface area contributed by atoms with Crippen molar-refractivity contribution in [1.29, 1.82) is 0 Å².